The number of hydrogen-bond donors (Lipinski definition) is 1. The summed E-state index contributed by atoms with van der Waals surface area (Å²) in [7, 11) is 0. The highest BCUT2D eigenvalue weighted by Crippen LogP contribution is 2.43. The fraction of sp³-hybridized carbons (Fsp3) is 0.194. The first-order chi connectivity index (χ1) is 20.2. The molecule has 1 amide bonds. The number of ether oxygens (including phenoxy) is 3. The van der Waals surface area contributed by atoms with Gasteiger partial charge in [0.05, 0.1) is 11.1 Å². The van der Waals surface area contributed by atoms with Crippen LogP contribution in [0.1, 0.15) is 44.2 Å². The van der Waals surface area contributed by atoms with E-state index in [2.05, 4.69) is 10.3 Å². The lowest BCUT2D eigenvalue weighted by molar-refractivity contribution is -0.0648. The number of rotatable bonds is 8. The molecule has 11 heteroatoms. The normalized spacial score (nSPS) is 21.3. The van der Waals surface area contributed by atoms with Crippen molar-refractivity contribution in [3.63, 3.8) is 0 Å². The van der Waals surface area contributed by atoms with Crippen LogP contribution in [0.5, 0.6) is 0 Å². The molecule has 1 N–H and O–H groups in total. The Labute approximate surface area is 239 Å². The van der Waals surface area contributed by atoms with Crippen molar-refractivity contribution in [1.29, 1.82) is 0 Å². The van der Waals surface area contributed by atoms with Gasteiger partial charge in [0.2, 0.25) is 0 Å². The molecule has 5 rings (SSSR count). The predicted molar refractivity (Wildman–Crippen MR) is 149 cm³/mol. The molecule has 0 spiro atoms. The van der Waals surface area contributed by atoms with Crippen LogP contribution in [0.4, 0.5) is 10.2 Å². The Morgan fingerprint density at radius 1 is 0.881 bits per heavy atom. The number of esters is 2. The zero-order chi connectivity index (χ0) is 29.7. The van der Waals surface area contributed by atoms with Crippen molar-refractivity contribution >= 4 is 23.7 Å². The summed E-state index contributed by atoms with van der Waals surface area (Å²) in [5, 5.41) is 2.52. The van der Waals surface area contributed by atoms with E-state index in [-0.39, 0.29) is 16.9 Å². The van der Waals surface area contributed by atoms with E-state index >= 15 is 4.39 Å². The number of alkyl halides is 1. The summed E-state index contributed by atoms with van der Waals surface area (Å²) in [6.45, 7) is 0.654. The average molecular weight is 572 g/mol. The van der Waals surface area contributed by atoms with Crippen LogP contribution in [-0.4, -0.2) is 51.9 Å². The lowest BCUT2D eigenvalue weighted by Crippen LogP contribution is -2.45. The third kappa shape index (κ3) is 6.11. The van der Waals surface area contributed by atoms with E-state index in [4.69, 9.17) is 14.2 Å². The molecule has 4 aromatic rings. The maximum atomic E-state index is 16.5. The van der Waals surface area contributed by atoms with Gasteiger partial charge < -0.3 is 19.5 Å². The molecule has 214 valence electrons. The van der Waals surface area contributed by atoms with Gasteiger partial charge >= 0.3 is 17.6 Å². The molecule has 1 fully saturated rings. The molecule has 2 heterocycles. The Hall–Kier alpha value is -5.16. The maximum absolute atomic E-state index is 16.5. The number of carbonyl (C=O) groups is 3. The summed E-state index contributed by atoms with van der Waals surface area (Å²) in [5.74, 6) is -2.05. The van der Waals surface area contributed by atoms with Gasteiger partial charge in [-0.2, -0.15) is 4.98 Å². The first-order valence-corrected chi connectivity index (χ1v) is 13.0. The Bertz CT molecular complexity index is 1630. The van der Waals surface area contributed by atoms with Crippen molar-refractivity contribution in [2.24, 2.45) is 0 Å². The monoisotopic (exact) mass is 571 g/mol. The van der Waals surface area contributed by atoms with Crippen LogP contribution in [0.3, 0.4) is 0 Å². The largest absolute Gasteiger partial charge is 0.459 e. The number of carbonyl (C=O) groups excluding carboxylic acids is 3. The van der Waals surface area contributed by atoms with E-state index in [1.807, 2.05) is 0 Å². The summed E-state index contributed by atoms with van der Waals surface area (Å²) >= 11 is 0. The molecule has 0 radical (unpaired) electrons. The summed E-state index contributed by atoms with van der Waals surface area (Å²) in [6, 6.07) is 25.8. The molecule has 42 heavy (non-hydrogen) atoms. The first kappa shape index (κ1) is 28.4. The molecule has 10 nitrogen and oxygen atoms in total. The molecular formula is C31H26FN3O7. The van der Waals surface area contributed by atoms with Crippen LogP contribution in [0, 0.1) is 0 Å². The van der Waals surface area contributed by atoms with Gasteiger partial charge in [0, 0.05) is 11.8 Å². The van der Waals surface area contributed by atoms with Crippen molar-refractivity contribution in [2.75, 3.05) is 11.9 Å². The molecule has 0 unspecified atom stereocenters. The lowest BCUT2D eigenvalue weighted by Gasteiger charge is -2.27. The van der Waals surface area contributed by atoms with Crippen molar-refractivity contribution < 1.29 is 33.0 Å². The number of amides is 1. The summed E-state index contributed by atoms with van der Waals surface area (Å²) < 4.78 is 34.2. The van der Waals surface area contributed by atoms with Gasteiger partial charge in [0.1, 0.15) is 18.5 Å². The van der Waals surface area contributed by atoms with Crippen molar-refractivity contribution in [2.45, 2.75) is 31.0 Å². The Morgan fingerprint density at radius 3 is 2.00 bits per heavy atom. The average Bonchev–Trinajstić information content (AvgIpc) is 3.25. The van der Waals surface area contributed by atoms with E-state index in [1.165, 1.54) is 24.4 Å². The predicted octanol–water partition coefficient (Wildman–Crippen LogP) is 4.20. The third-order valence-corrected chi connectivity index (χ3v) is 6.67. The number of nitrogens with one attached hydrogen (secondary N) is 1. The highest BCUT2D eigenvalue weighted by atomic mass is 19.1. The van der Waals surface area contributed by atoms with Gasteiger partial charge in [-0.15, -0.1) is 0 Å². The van der Waals surface area contributed by atoms with Crippen molar-refractivity contribution in [3.8, 4) is 0 Å². The molecule has 0 bridgehead atoms. The minimum absolute atomic E-state index is 0.0518. The van der Waals surface area contributed by atoms with Crippen molar-refractivity contribution in [1.82, 2.24) is 9.55 Å². The van der Waals surface area contributed by atoms with Crippen LogP contribution in [0.25, 0.3) is 0 Å². The van der Waals surface area contributed by atoms with Gasteiger partial charge in [0.25, 0.3) is 5.91 Å². The number of nitrogens with zero attached hydrogens (tertiary/aromatic N) is 2. The Balaban J connectivity index is 1.39. The second kappa shape index (κ2) is 12.1. The maximum Gasteiger partial charge on any atom is 0.351 e. The number of anilines is 1. The number of halogens is 1. The smallest absolute Gasteiger partial charge is 0.351 e. The molecule has 0 aliphatic carbocycles. The lowest BCUT2D eigenvalue weighted by atomic mass is 9.98. The van der Waals surface area contributed by atoms with E-state index in [0.29, 0.717) is 5.56 Å². The van der Waals surface area contributed by atoms with Gasteiger partial charge in [-0.1, -0.05) is 54.6 Å². The second-order valence-corrected chi connectivity index (χ2v) is 9.66. The highest BCUT2D eigenvalue weighted by molar-refractivity contribution is 6.03. The highest BCUT2D eigenvalue weighted by Gasteiger charge is 2.58. The SMILES string of the molecule is C[C@@]1(F)[C@H](OC(=O)c2ccccc2)[C@H](COC(=O)c2ccccc2)O[C@H]1n1ccc(NC(=O)c2ccccc2)nc1=O. The van der Waals surface area contributed by atoms with Crippen LogP contribution in [0.15, 0.2) is 108 Å². The number of hydrogen-bond acceptors (Lipinski definition) is 8. The molecule has 1 aliphatic heterocycles. The fourth-order valence-corrected chi connectivity index (χ4v) is 4.54. The van der Waals surface area contributed by atoms with Gasteiger partial charge in [-0.05, 0) is 49.4 Å². The quantitative estimate of drug-likeness (QED) is 0.312. The first-order valence-electron chi connectivity index (χ1n) is 13.0. The second-order valence-electron chi connectivity index (χ2n) is 9.66. The van der Waals surface area contributed by atoms with Crippen molar-refractivity contribution in [3.05, 3.63) is 130 Å². The molecule has 3 aromatic carbocycles. The minimum Gasteiger partial charge on any atom is -0.459 e. The summed E-state index contributed by atoms with van der Waals surface area (Å²) in [6.07, 6.45) is -3.23. The fourth-order valence-electron chi connectivity index (χ4n) is 4.54. The van der Waals surface area contributed by atoms with Crippen LogP contribution < -0.4 is 11.0 Å². The van der Waals surface area contributed by atoms with Gasteiger partial charge in [-0.3, -0.25) is 9.36 Å². The molecule has 1 saturated heterocycles. The molecule has 4 atom stereocenters. The minimum atomic E-state index is -2.46. The van der Waals surface area contributed by atoms with Crippen LogP contribution in [-0.2, 0) is 14.2 Å². The standard InChI is InChI=1S/C31H26FN3O7/c1-31(32)25(42-28(38)22-15-9-4-10-16-22)23(19-40-27(37)21-13-7-3-8-14-21)41-29(31)35-18-17-24(34-30(35)39)33-26(36)20-11-5-2-6-12-20/h2-18,23,25,29H,19H2,1H3,(H,33,34,36,39)/t23-,25+,29+,31+/m0/s1. The van der Waals surface area contributed by atoms with Gasteiger partial charge in [0.15, 0.2) is 18.0 Å². The molecule has 0 saturated carbocycles. The molecule has 1 aromatic heterocycles. The van der Waals surface area contributed by atoms with Crippen LogP contribution >= 0.6 is 0 Å². The molecular weight excluding hydrogens is 545 g/mol. The van der Waals surface area contributed by atoms with E-state index in [1.54, 1.807) is 78.9 Å². The van der Waals surface area contributed by atoms with E-state index in [9.17, 15) is 19.2 Å². The van der Waals surface area contributed by atoms with Crippen LogP contribution in [0.2, 0.25) is 0 Å². The van der Waals surface area contributed by atoms with E-state index in [0.717, 1.165) is 11.5 Å². The number of benzene rings is 3. The Kier molecular flexibility index (Phi) is 8.21. The Morgan fingerprint density at radius 2 is 1.43 bits per heavy atom. The number of aromatic nitrogens is 2. The zero-order valence-electron chi connectivity index (χ0n) is 22.4. The zero-order valence-corrected chi connectivity index (χ0v) is 22.4. The molecule has 1 aliphatic rings. The van der Waals surface area contributed by atoms with Gasteiger partial charge in [-0.25, -0.2) is 18.8 Å². The summed E-state index contributed by atoms with van der Waals surface area (Å²) in [4.78, 5) is 54.8. The van der Waals surface area contributed by atoms with E-state index < -0.39 is 54.2 Å². The summed E-state index contributed by atoms with van der Waals surface area (Å²) in [5.41, 5.74) is -2.59. The topological polar surface area (TPSA) is 126 Å². The third-order valence-electron chi connectivity index (χ3n) is 6.67.